The number of rotatable bonds is 7. The van der Waals surface area contributed by atoms with Gasteiger partial charge in [0, 0.05) is 42.1 Å². The molecule has 3 heterocycles. The quantitative estimate of drug-likeness (QED) is 0.503. The Morgan fingerprint density at radius 3 is 2.44 bits per heavy atom. The lowest BCUT2D eigenvalue weighted by atomic mass is 10.00. The number of aromatic nitrogens is 3. The molecule has 0 radical (unpaired) electrons. The highest BCUT2D eigenvalue weighted by atomic mass is 32.2. The van der Waals surface area contributed by atoms with Gasteiger partial charge in [-0.05, 0) is 50.1 Å². The topological polar surface area (TPSA) is 111 Å². The summed E-state index contributed by atoms with van der Waals surface area (Å²) >= 11 is 0. The van der Waals surface area contributed by atoms with Crippen molar-refractivity contribution in [3.63, 3.8) is 0 Å². The number of hydrogen-bond acceptors (Lipinski definition) is 6. The Morgan fingerprint density at radius 1 is 1.19 bits per heavy atom. The number of carbonyl (C=O) groups is 1. The first-order chi connectivity index (χ1) is 16.7. The van der Waals surface area contributed by atoms with Gasteiger partial charge in [-0.3, -0.25) is 19.6 Å². The molecule has 0 fully saturated rings. The third-order valence-electron chi connectivity index (χ3n) is 5.79. The van der Waals surface area contributed by atoms with Crippen LogP contribution in [-0.2, 0) is 22.6 Å². The predicted octanol–water partition coefficient (Wildman–Crippen LogP) is 3.94. The molecule has 3 aromatic heterocycles. The minimum Gasteiger partial charge on any atom is -0.347 e. The molecular weight excluding hydrogens is 497 g/mol. The van der Waals surface area contributed by atoms with Crippen LogP contribution in [0.3, 0.4) is 0 Å². The first kappa shape index (κ1) is 27.1. The molecule has 0 bridgehead atoms. The van der Waals surface area contributed by atoms with Gasteiger partial charge in [-0.2, -0.15) is 13.2 Å². The second kappa shape index (κ2) is 10.2. The van der Waals surface area contributed by atoms with Crippen molar-refractivity contribution in [2.24, 2.45) is 0 Å². The second-order valence-electron chi connectivity index (χ2n) is 8.36. The Bertz CT molecular complexity index is 1450. The van der Waals surface area contributed by atoms with Crippen molar-refractivity contribution < 1.29 is 26.4 Å². The van der Waals surface area contributed by atoms with Gasteiger partial charge in [-0.25, -0.2) is 8.42 Å². The molecule has 3 aromatic rings. The minimum absolute atomic E-state index is 0.00422. The molecule has 0 unspecified atom stereocenters. The second-order valence-corrected chi connectivity index (χ2v) is 10.4. The third-order valence-corrected chi connectivity index (χ3v) is 6.89. The van der Waals surface area contributed by atoms with Crippen LogP contribution in [0.2, 0.25) is 0 Å². The smallest absolute Gasteiger partial charge is 0.347 e. The lowest BCUT2D eigenvalue weighted by molar-refractivity contribution is -0.141. The van der Waals surface area contributed by atoms with Gasteiger partial charge >= 0.3 is 6.18 Å². The van der Waals surface area contributed by atoms with Crippen LogP contribution in [0.1, 0.15) is 53.7 Å². The highest BCUT2D eigenvalue weighted by molar-refractivity contribution is 7.90. The van der Waals surface area contributed by atoms with Crippen molar-refractivity contribution in [1.82, 2.24) is 19.9 Å². The Morgan fingerprint density at radius 2 is 1.89 bits per heavy atom. The molecule has 0 aromatic carbocycles. The van der Waals surface area contributed by atoms with Gasteiger partial charge in [0.15, 0.2) is 9.84 Å². The summed E-state index contributed by atoms with van der Waals surface area (Å²) in [4.78, 5) is 33.8. The number of sulfone groups is 1. The number of hydrogen-bond donors (Lipinski definition) is 1. The summed E-state index contributed by atoms with van der Waals surface area (Å²) < 4.78 is 64.6. The van der Waals surface area contributed by atoms with Crippen molar-refractivity contribution >= 4 is 15.7 Å². The molecule has 0 aliphatic heterocycles. The zero-order valence-corrected chi connectivity index (χ0v) is 20.9. The maximum Gasteiger partial charge on any atom is 0.433 e. The van der Waals surface area contributed by atoms with E-state index in [2.05, 4.69) is 15.3 Å². The molecule has 3 rings (SSSR count). The van der Waals surface area contributed by atoms with E-state index < -0.39 is 33.0 Å². The number of nitrogens with zero attached hydrogens (tertiary/aromatic N) is 3. The van der Waals surface area contributed by atoms with Gasteiger partial charge in [0.1, 0.15) is 11.3 Å². The molecule has 12 heteroatoms. The van der Waals surface area contributed by atoms with E-state index in [1.807, 2.05) is 13.8 Å². The van der Waals surface area contributed by atoms with E-state index in [9.17, 15) is 31.2 Å². The van der Waals surface area contributed by atoms with Crippen LogP contribution in [0.4, 0.5) is 13.2 Å². The van der Waals surface area contributed by atoms with Gasteiger partial charge in [-0.1, -0.05) is 6.92 Å². The van der Waals surface area contributed by atoms with Gasteiger partial charge in [0.2, 0.25) is 5.43 Å². The zero-order chi connectivity index (χ0) is 26.8. The third kappa shape index (κ3) is 5.81. The summed E-state index contributed by atoms with van der Waals surface area (Å²) in [7, 11) is -3.43. The first-order valence-electron chi connectivity index (χ1n) is 11.0. The standard InChI is InChI=1S/C24H25F3N4O4S/c1-5-14(2)31-13-19(23(33)30-11-17-6-7-18(12-29-17)36(4,34)35)22(32)21(15(31)3)16-8-9-28-20(10-16)24(25,26)27/h6-10,12-14H,5,11H2,1-4H3,(H,30,33)/t14-/m0/s1. The van der Waals surface area contributed by atoms with Gasteiger partial charge in [0.25, 0.3) is 5.91 Å². The van der Waals surface area contributed by atoms with E-state index in [1.165, 1.54) is 30.6 Å². The van der Waals surface area contributed by atoms with Crippen molar-refractivity contribution in [2.75, 3.05) is 6.26 Å². The molecule has 0 spiro atoms. The van der Waals surface area contributed by atoms with Crippen LogP contribution < -0.4 is 10.7 Å². The number of halogens is 3. The summed E-state index contributed by atoms with van der Waals surface area (Å²) in [6, 6.07) is 4.73. The zero-order valence-electron chi connectivity index (χ0n) is 20.0. The molecule has 0 aliphatic rings. The molecule has 0 saturated heterocycles. The van der Waals surface area contributed by atoms with Crippen molar-refractivity contribution in [3.8, 4) is 11.1 Å². The fraction of sp³-hybridized carbons (Fsp3) is 0.333. The first-order valence-corrected chi connectivity index (χ1v) is 12.9. The van der Waals surface area contributed by atoms with E-state index in [0.29, 0.717) is 17.8 Å². The van der Waals surface area contributed by atoms with Crippen molar-refractivity contribution in [3.05, 3.63) is 75.7 Å². The van der Waals surface area contributed by atoms with Crippen LogP contribution in [0.5, 0.6) is 0 Å². The Kier molecular flexibility index (Phi) is 7.68. The molecule has 36 heavy (non-hydrogen) atoms. The molecule has 192 valence electrons. The van der Waals surface area contributed by atoms with Gasteiger partial charge in [0.05, 0.1) is 17.1 Å². The average molecular weight is 523 g/mol. The maximum atomic E-state index is 13.4. The Balaban J connectivity index is 2.03. The molecule has 1 amide bonds. The molecule has 1 atom stereocenters. The van der Waals surface area contributed by atoms with Crippen molar-refractivity contribution in [2.45, 2.75) is 50.9 Å². The molecule has 0 saturated carbocycles. The van der Waals surface area contributed by atoms with E-state index in [-0.39, 0.29) is 34.2 Å². The fourth-order valence-electron chi connectivity index (χ4n) is 3.62. The Labute approximate surface area is 206 Å². The summed E-state index contributed by atoms with van der Waals surface area (Å²) in [6.07, 6.45) is 0.529. The lowest BCUT2D eigenvalue weighted by Gasteiger charge is -2.22. The molecular formula is C24H25F3N4O4S. The average Bonchev–Trinajstić information content (AvgIpc) is 2.81. The Hall–Kier alpha value is -3.54. The SMILES string of the molecule is CC[C@H](C)n1cc(C(=O)NCc2ccc(S(C)(=O)=O)cn2)c(=O)c(-c2ccnc(C(F)(F)F)c2)c1C. The van der Waals surface area contributed by atoms with E-state index in [0.717, 1.165) is 18.5 Å². The largest absolute Gasteiger partial charge is 0.433 e. The summed E-state index contributed by atoms with van der Waals surface area (Å²) in [5, 5.41) is 2.58. The monoisotopic (exact) mass is 522 g/mol. The van der Waals surface area contributed by atoms with Crippen LogP contribution in [0.25, 0.3) is 11.1 Å². The molecule has 8 nitrogen and oxygen atoms in total. The highest BCUT2D eigenvalue weighted by Crippen LogP contribution is 2.31. The lowest BCUT2D eigenvalue weighted by Crippen LogP contribution is -2.31. The highest BCUT2D eigenvalue weighted by Gasteiger charge is 2.33. The fourth-order valence-corrected chi connectivity index (χ4v) is 4.18. The summed E-state index contributed by atoms with van der Waals surface area (Å²) in [5.74, 6) is -0.739. The van der Waals surface area contributed by atoms with E-state index >= 15 is 0 Å². The number of carbonyl (C=O) groups excluding carboxylic acids is 1. The van der Waals surface area contributed by atoms with Gasteiger partial charge < -0.3 is 9.88 Å². The molecule has 1 N–H and O–H groups in total. The summed E-state index contributed by atoms with van der Waals surface area (Å²) in [6.45, 7) is 5.29. The van der Waals surface area contributed by atoms with Crippen molar-refractivity contribution in [1.29, 1.82) is 0 Å². The van der Waals surface area contributed by atoms with E-state index in [1.54, 1.807) is 11.5 Å². The number of nitrogens with one attached hydrogen (secondary N) is 1. The number of amides is 1. The number of pyridine rings is 3. The molecule has 0 aliphatic carbocycles. The van der Waals surface area contributed by atoms with Crippen LogP contribution >= 0.6 is 0 Å². The van der Waals surface area contributed by atoms with Crippen LogP contribution in [-0.4, -0.2) is 35.1 Å². The van der Waals surface area contributed by atoms with Crippen LogP contribution in [0.15, 0.2) is 52.5 Å². The van der Waals surface area contributed by atoms with E-state index in [4.69, 9.17) is 0 Å². The van der Waals surface area contributed by atoms with Crippen LogP contribution in [0, 0.1) is 6.92 Å². The minimum atomic E-state index is -4.70. The normalized spacial score (nSPS) is 12.9. The van der Waals surface area contributed by atoms with Gasteiger partial charge in [-0.15, -0.1) is 0 Å². The number of alkyl halides is 3. The predicted molar refractivity (Wildman–Crippen MR) is 127 cm³/mol. The summed E-state index contributed by atoms with van der Waals surface area (Å²) in [5.41, 5.74) is -1.35. The maximum absolute atomic E-state index is 13.4.